The van der Waals surface area contributed by atoms with E-state index in [9.17, 15) is 24.3 Å². The van der Waals surface area contributed by atoms with Crippen molar-refractivity contribution in [2.45, 2.75) is 18.8 Å². The van der Waals surface area contributed by atoms with Gasteiger partial charge in [-0.3, -0.25) is 29.0 Å². The van der Waals surface area contributed by atoms with Crippen LogP contribution in [0.3, 0.4) is 0 Å². The standard InChI is InChI=1S/C36H26Br2N2O5/c37-18-5-9-20(10-6-18)39-33(42)26-14-13-25-27(31(26)35(39)44)17-28-32(36(45)40(34(28)43)21-11-7-19(38)8-12-21)30(25)24-15-16-29(41)23-4-2-1-3-22(23)24/h1-13,15-16,26-28,30-32,41H,14,17H2. The number of anilines is 2. The molecule has 4 amide bonds. The van der Waals surface area contributed by atoms with Crippen molar-refractivity contribution in [1.29, 1.82) is 0 Å². The van der Waals surface area contributed by atoms with Gasteiger partial charge in [-0.2, -0.15) is 0 Å². The number of amides is 4. The number of carbonyl (C=O) groups excluding carboxylic acids is 4. The van der Waals surface area contributed by atoms with Crippen LogP contribution in [0.5, 0.6) is 5.75 Å². The Bertz CT molecular complexity index is 1970. The second kappa shape index (κ2) is 10.5. The van der Waals surface area contributed by atoms with E-state index in [1.807, 2.05) is 36.4 Å². The second-order valence-corrected chi connectivity index (χ2v) is 14.1. The molecule has 4 aromatic carbocycles. The van der Waals surface area contributed by atoms with Gasteiger partial charge in [-0.05, 0) is 84.3 Å². The van der Waals surface area contributed by atoms with Gasteiger partial charge in [0.1, 0.15) is 5.75 Å². The molecule has 224 valence electrons. The first-order chi connectivity index (χ1) is 21.7. The number of imide groups is 2. The molecular weight excluding hydrogens is 700 g/mol. The van der Waals surface area contributed by atoms with Gasteiger partial charge in [-0.1, -0.05) is 73.8 Å². The number of phenolic OH excluding ortho intramolecular Hbond substituents is 1. The van der Waals surface area contributed by atoms with Crippen molar-refractivity contribution in [3.05, 3.63) is 111 Å². The van der Waals surface area contributed by atoms with Crippen molar-refractivity contribution < 1.29 is 24.3 Å². The number of carbonyl (C=O) groups is 4. The molecule has 4 aromatic rings. The van der Waals surface area contributed by atoms with Crippen LogP contribution in [0.2, 0.25) is 0 Å². The van der Waals surface area contributed by atoms with Crippen molar-refractivity contribution in [2.24, 2.45) is 29.6 Å². The molecule has 4 aliphatic rings. The average Bonchev–Trinajstić information content (AvgIpc) is 3.45. The van der Waals surface area contributed by atoms with Crippen LogP contribution in [-0.4, -0.2) is 28.7 Å². The number of aromatic hydroxyl groups is 1. The lowest BCUT2D eigenvalue weighted by Crippen LogP contribution is -2.43. The van der Waals surface area contributed by atoms with Gasteiger partial charge in [-0.25, -0.2) is 0 Å². The lowest BCUT2D eigenvalue weighted by Gasteiger charge is -2.44. The average molecular weight is 726 g/mol. The maximum absolute atomic E-state index is 14.4. The Morgan fingerprint density at radius 3 is 1.78 bits per heavy atom. The van der Waals surface area contributed by atoms with Gasteiger partial charge >= 0.3 is 0 Å². The van der Waals surface area contributed by atoms with Gasteiger partial charge < -0.3 is 5.11 Å². The van der Waals surface area contributed by atoms with E-state index in [-0.39, 0.29) is 29.4 Å². The first-order valence-corrected chi connectivity index (χ1v) is 16.5. The van der Waals surface area contributed by atoms with Crippen LogP contribution < -0.4 is 9.80 Å². The van der Waals surface area contributed by atoms with Crippen LogP contribution in [0.15, 0.2) is 106 Å². The summed E-state index contributed by atoms with van der Waals surface area (Å²) in [6.07, 6.45) is 2.72. The Labute approximate surface area is 275 Å². The number of rotatable bonds is 3. The van der Waals surface area contributed by atoms with Crippen LogP contribution >= 0.6 is 31.9 Å². The molecule has 9 heteroatoms. The molecule has 3 fully saturated rings. The number of nitrogens with zero attached hydrogens (tertiary/aromatic N) is 2. The molecule has 1 N–H and O–H groups in total. The molecule has 1 saturated carbocycles. The van der Waals surface area contributed by atoms with E-state index in [1.165, 1.54) is 9.80 Å². The molecule has 2 aliphatic carbocycles. The number of hydrogen-bond acceptors (Lipinski definition) is 5. The predicted octanol–water partition coefficient (Wildman–Crippen LogP) is 7.12. The van der Waals surface area contributed by atoms with Crippen molar-refractivity contribution in [2.75, 3.05) is 9.80 Å². The maximum Gasteiger partial charge on any atom is 0.238 e. The fourth-order valence-electron chi connectivity index (χ4n) is 8.20. The van der Waals surface area contributed by atoms with Crippen LogP contribution in [0, 0.1) is 29.6 Å². The molecule has 2 aliphatic heterocycles. The summed E-state index contributed by atoms with van der Waals surface area (Å²) in [5, 5.41) is 12.2. The van der Waals surface area contributed by atoms with E-state index in [0.717, 1.165) is 25.5 Å². The lowest BCUT2D eigenvalue weighted by molar-refractivity contribution is -0.126. The van der Waals surface area contributed by atoms with E-state index in [4.69, 9.17) is 0 Å². The monoisotopic (exact) mass is 724 g/mol. The van der Waals surface area contributed by atoms with E-state index in [0.29, 0.717) is 29.6 Å². The summed E-state index contributed by atoms with van der Waals surface area (Å²) in [6, 6.07) is 25.2. The summed E-state index contributed by atoms with van der Waals surface area (Å²) in [6.45, 7) is 0. The molecule has 6 atom stereocenters. The molecule has 0 spiro atoms. The SMILES string of the molecule is O=C1C2CC=C3C(CC4C(=O)N(c5ccc(Br)cc5)C(=O)C4C3c3ccc(O)c4ccccc34)C2C(=O)N1c1ccc(Br)cc1. The van der Waals surface area contributed by atoms with Crippen molar-refractivity contribution in [3.63, 3.8) is 0 Å². The fourth-order valence-corrected chi connectivity index (χ4v) is 8.73. The zero-order valence-corrected chi connectivity index (χ0v) is 26.9. The number of phenols is 1. The molecule has 2 heterocycles. The molecular formula is C36H26Br2N2O5. The third-order valence-electron chi connectivity index (χ3n) is 10.1. The highest BCUT2D eigenvalue weighted by Gasteiger charge is 2.62. The largest absolute Gasteiger partial charge is 0.507 e. The molecule has 2 saturated heterocycles. The van der Waals surface area contributed by atoms with Gasteiger partial charge in [0.2, 0.25) is 23.6 Å². The number of hydrogen-bond donors (Lipinski definition) is 1. The molecule has 6 unspecified atom stereocenters. The van der Waals surface area contributed by atoms with Crippen LogP contribution in [-0.2, 0) is 19.2 Å². The van der Waals surface area contributed by atoms with Crippen LogP contribution in [0.1, 0.15) is 24.3 Å². The van der Waals surface area contributed by atoms with Gasteiger partial charge in [-0.15, -0.1) is 0 Å². The van der Waals surface area contributed by atoms with Gasteiger partial charge in [0, 0.05) is 20.2 Å². The fraction of sp³-hybridized carbons (Fsp3) is 0.222. The molecule has 0 radical (unpaired) electrons. The summed E-state index contributed by atoms with van der Waals surface area (Å²) in [7, 11) is 0. The first-order valence-electron chi connectivity index (χ1n) is 14.9. The quantitative estimate of drug-likeness (QED) is 0.179. The van der Waals surface area contributed by atoms with E-state index in [2.05, 4.69) is 31.9 Å². The van der Waals surface area contributed by atoms with Gasteiger partial charge in [0.15, 0.2) is 0 Å². The zero-order chi connectivity index (χ0) is 31.1. The predicted molar refractivity (Wildman–Crippen MR) is 176 cm³/mol. The minimum absolute atomic E-state index is 0.128. The normalized spacial score (nSPS) is 27.5. The third kappa shape index (κ3) is 4.20. The molecule has 0 aromatic heterocycles. The smallest absolute Gasteiger partial charge is 0.238 e. The summed E-state index contributed by atoms with van der Waals surface area (Å²) >= 11 is 6.86. The summed E-state index contributed by atoms with van der Waals surface area (Å²) in [5.41, 5.74) is 2.77. The Morgan fingerprint density at radius 2 is 1.16 bits per heavy atom. The number of benzene rings is 4. The minimum Gasteiger partial charge on any atom is -0.507 e. The Morgan fingerprint density at radius 1 is 0.600 bits per heavy atom. The van der Waals surface area contributed by atoms with Crippen molar-refractivity contribution in [3.8, 4) is 5.75 Å². The Hall–Kier alpha value is -4.08. The highest BCUT2D eigenvalue weighted by molar-refractivity contribution is 9.10. The van der Waals surface area contributed by atoms with Gasteiger partial charge in [0.25, 0.3) is 0 Å². The highest BCUT2D eigenvalue weighted by atomic mass is 79.9. The zero-order valence-electron chi connectivity index (χ0n) is 23.8. The number of halogens is 2. The third-order valence-corrected chi connectivity index (χ3v) is 11.1. The highest BCUT2D eigenvalue weighted by Crippen LogP contribution is 2.59. The van der Waals surface area contributed by atoms with E-state index >= 15 is 0 Å². The molecule has 45 heavy (non-hydrogen) atoms. The van der Waals surface area contributed by atoms with Gasteiger partial charge in [0.05, 0.1) is 35.0 Å². The molecule has 0 bridgehead atoms. The minimum atomic E-state index is -0.692. The topological polar surface area (TPSA) is 95.0 Å². The number of allylic oxidation sites excluding steroid dienone is 2. The van der Waals surface area contributed by atoms with Crippen LogP contribution in [0.25, 0.3) is 10.8 Å². The lowest BCUT2D eigenvalue weighted by atomic mass is 9.57. The molecule has 8 rings (SSSR count). The molecule has 7 nitrogen and oxygen atoms in total. The first kappa shape index (κ1) is 28.4. The summed E-state index contributed by atoms with van der Waals surface area (Å²) in [4.78, 5) is 59.2. The van der Waals surface area contributed by atoms with Crippen molar-refractivity contribution in [1.82, 2.24) is 0 Å². The Kier molecular flexibility index (Phi) is 6.62. The van der Waals surface area contributed by atoms with E-state index < -0.39 is 35.5 Å². The second-order valence-electron chi connectivity index (χ2n) is 12.2. The van der Waals surface area contributed by atoms with Crippen molar-refractivity contribution >= 4 is 77.6 Å². The van der Waals surface area contributed by atoms with E-state index in [1.54, 1.807) is 54.6 Å². The Balaban J connectivity index is 1.28. The van der Waals surface area contributed by atoms with Crippen LogP contribution in [0.4, 0.5) is 11.4 Å². The number of fused-ring (bicyclic) bond motifs is 5. The summed E-state index contributed by atoms with van der Waals surface area (Å²) < 4.78 is 1.67. The maximum atomic E-state index is 14.4. The summed E-state index contributed by atoms with van der Waals surface area (Å²) in [5.74, 6) is -4.41.